The molecule has 8 aromatic carbocycles. The highest BCUT2D eigenvalue weighted by Gasteiger charge is 2.48. The van der Waals surface area contributed by atoms with E-state index in [-0.39, 0.29) is 0 Å². The number of hydrogen-bond acceptors (Lipinski definition) is 1. The van der Waals surface area contributed by atoms with E-state index in [0.717, 1.165) is 11.4 Å². The van der Waals surface area contributed by atoms with Crippen molar-refractivity contribution in [2.45, 2.75) is 10.8 Å². The lowest BCUT2D eigenvalue weighted by atomic mass is 9.67. The molecule has 2 aliphatic rings. The second-order valence-electron chi connectivity index (χ2n) is 13.7. The third-order valence-corrected chi connectivity index (χ3v) is 11.2. The van der Waals surface area contributed by atoms with Gasteiger partial charge in [-0.1, -0.05) is 188 Å². The van der Waals surface area contributed by atoms with Crippen LogP contribution in [0.2, 0.25) is 0 Å². The average molecular weight is 650 g/mol. The lowest BCUT2D eigenvalue weighted by molar-refractivity contribution is 0.768. The molecule has 0 saturated carbocycles. The second kappa shape index (κ2) is 11.6. The fourth-order valence-electron chi connectivity index (χ4n) is 9.28. The molecule has 51 heavy (non-hydrogen) atoms. The van der Waals surface area contributed by atoms with Gasteiger partial charge in [0.1, 0.15) is 0 Å². The van der Waals surface area contributed by atoms with Crippen LogP contribution in [-0.4, -0.2) is 0 Å². The van der Waals surface area contributed by atoms with Gasteiger partial charge in [0.25, 0.3) is 0 Å². The summed E-state index contributed by atoms with van der Waals surface area (Å²) in [5.74, 6) is 0. The van der Waals surface area contributed by atoms with E-state index in [9.17, 15) is 0 Å². The van der Waals surface area contributed by atoms with Crippen molar-refractivity contribution in [2.24, 2.45) is 0 Å². The second-order valence-corrected chi connectivity index (χ2v) is 13.7. The summed E-state index contributed by atoms with van der Waals surface area (Å²) in [6, 6.07) is 75.7. The number of anilines is 2. The third-order valence-electron chi connectivity index (χ3n) is 11.2. The van der Waals surface area contributed by atoms with Crippen LogP contribution in [0, 0.1) is 0 Å². The maximum Gasteiger partial charge on any atom is 0.0714 e. The summed E-state index contributed by atoms with van der Waals surface area (Å²) < 4.78 is 0. The predicted octanol–water partition coefficient (Wildman–Crippen LogP) is 12.2. The molecule has 1 N–H and O–H groups in total. The summed E-state index contributed by atoms with van der Waals surface area (Å²) in [5.41, 5.74) is 16.7. The highest BCUT2D eigenvalue weighted by Crippen LogP contribution is 2.59. The van der Waals surface area contributed by atoms with Crippen LogP contribution in [0.3, 0.4) is 0 Å². The molecule has 0 bridgehead atoms. The first-order valence-electron chi connectivity index (χ1n) is 17.8. The van der Waals surface area contributed by atoms with Crippen molar-refractivity contribution in [2.75, 3.05) is 5.32 Å². The van der Waals surface area contributed by atoms with Crippen molar-refractivity contribution >= 4 is 11.4 Å². The Labute approximate surface area is 299 Å². The minimum Gasteiger partial charge on any atom is -0.355 e. The molecule has 0 aliphatic heterocycles. The first-order valence-corrected chi connectivity index (χ1v) is 17.8. The van der Waals surface area contributed by atoms with Gasteiger partial charge in [0.15, 0.2) is 0 Å². The molecule has 1 heteroatoms. The lowest BCUT2D eigenvalue weighted by Gasteiger charge is -2.34. The Kier molecular flexibility index (Phi) is 6.69. The standard InChI is InChI=1S/C50H35N/c1-5-18-35(19-6-1)49(36-20-7-2-8-21-36)44-29-16-14-27-42(44)48-45(49)30-17-31-47(48)51-39-32-33-41-40-26-13-15-28-43(40)50(46(41)34-39,37-22-9-3-10-23-37)38-24-11-4-12-25-38/h1-34,51H. The molecule has 0 radical (unpaired) electrons. The Bertz CT molecular complexity index is 2460. The van der Waals surface area contributed by atoms with E-state index >= 15 is 0 Å². The Balaban J connectivity index is 1.19. The molecule has 0 unspecified atom stereocenters. The van der Waals surface area contributed by atoms with Crippen LogP contribution in [0.5, 0.6) is 0 Å². The lowest BCUT2D eigenvalue weighted by Crippen LogP contribution is -2.28. The molecule has 0 aromatic heterocycles. The van der Waals surface area contributed by atoms with Crippen LogP contribution in [0.4, 0.5) is 11.4 Å². The van der Waals surface area contributed by atoms with Gasteiger partial charge in [-0.25, -0.2) is 0 Å². The monoisotopic (exact) mass is 649 g/mol. The van der Waals surface area contributed by atoms with E-state index in [1.807, 2.05) is 0 Å². The molecular weight excluding hydrogens is 615 g/mol. The molecule has 1 nitrogen and oxygen atoms in total. The van der Waals surface area contributed by atoms with E-state index in [1.165, 1.54) is 66.8 Å². The number of nitrogens with one attached hydrogen (secondary N) is 1. The fourth-order valence-corrected chi connectivity index (χ4v) is 9.28. The van der Waals surface area contributed by atoms with Crippen molar-refractivity contribution in [3.8, 4) is 22.3 Å². The van der Waals surface area contributed by atoms with Crippen molar-refractivity contribution in [1.29, 1.82) is 0 Å². The first kappa shape index (κ1) is 29.5. The van der Waals surface area contributed by atoms with E-state index < -0.39 is 10.8 Å². The summed E-state index contributed by atoms with van der Waals surface area (Å²) in [6.07, 6.45) is 0. The van der Waals surface area contributed by atoms with Crippen molar-refractivity contribution in [3.05, 3.63) is 251 Å². The third kappa shape index (κ3) is 4.16. The van der Waals surface area contributed by atoms with Crippen LogP contribution < -0.4 is 5.32 Å². The highest BCUT2D eigenvalue weighted by atomic mass is 14.9. The molecule has 240 valence electrons. The maximum absolute atomic E-state index is 3.98. The van der Waals surface area contributed by atoms with Crippen LogP contribution in [0.1, 0.15) is 44.5 Å². The van der Waals surface area contributed by atoms with Gasteiger partial charge < -0.3 is 5.32 Å². The van der Waals surface area contributed by atoms with Crippen molar-refractivity contribution in [3.63, 3.8) is 0 Å². The van der Waals surface area contributed by atoms with Crippen molar-refractivity contribution < 1.29 is 0 Å². The van der Waals surface area contributed by atoms with Crippen LogP contribution in [0.15, 0.2) is 206 Å². The quantitative estimate of drug-likeness (QED) is 0.189. The topological polar surface area (TPSA) is 12.0 Å². The average Bonchev–Trinajstić information content (AvgIpc) is 3.68. The number of fused-ring (bicyclic) bond motifs is 6. The zero-order valence-corrected chi connectivity index (χ0v) is 28.1. The Morgan fingerprint density at radius 1 is 0.294 bits per heavy atom. The normalized spacial score (nSPS) is 14.2. The zero-order chi connectivity index (χ0) is 33.8. The Morgan fingerprint density at radius 2 is 0.706 bits per heavy atom. The predicted molar refractivity (Wildman–Crippen MR) is 211 cm³/mol. The van der Waals surface area contributed by atoms with Crippen LogP contribution in [0.25, 0.3) is 22.3 Å². The number of hydrogen-bond donors (Lipinski definition) is 1. The van der Waals surface area contributed by atoms with Gasteiger partial charge in [0, 0.05) is 16.9 Å². The summed E-state index contributed by atoms with van der Waals surface area (Å²) >= 11 is 0. The number of benzene rings is 8. The summed E-state index contributed by atoms with van der Waals surface area (Å²) in [6.45, 7) is 0. The highest BCUT2D eigenvalue weighted by molar-refractivity contribution is 5.95. The summed E-state index contributed by atoms with van der Waals surface area (Å²) in [5, 5.41) is 3.98. The van der Waals surface area contributed by atoms with Crippen LogP contribution >= 0.6 is 0 Å². The first-order chi connectivity index (χ1) is 25.3. The maximum atomic E-state index is 3.98. The van der Waals surface area contributed by atoms with E-state index in [1.54, 1.807) is 0 Å². The molecule has 0 saturated heterocycles. The van der Waals surface area contributed by atoms with Gasteiger partial charge >= 0.3 is 0 Å². The summed E-state index contributed by atoms with van der Waals surface area (Å²) in [4.78, 5) is 0. The minimum absolute atomic E-state index is 0.443. The van der Waals surface area contributed by atoms with Gasteiger partial charge in [-0.05, 0) is 79.4 Å². The van der Waals surface area contributed by atoms with Crippen molar-refractivity contribution in [1.82, 2.24) is 0 Å². The van der Waals surface area contributed by atoms with E-state index in [4.69, 9.17) is 0 Å². The molecular formula is C50H35N. The molecule has 0 amide bonds. The number of rotatable bonds is 6. The molecule has 0 fully saturated rings. The van der Waals surface area contributed by atoms with Gasteiger partial charge in [0.05, 0.1) is 10.8 Å². The van der Waals surface area contributed by atoms with Gasteiger partial charge in [-0.2, -0.15) is 0 Å². The fraction of sp³-hybridized carbons (Fsp3) is 0.0400. The largest absolute Gasteiger partial charge is 0.355 e. The molecule has 0 spiro atoms. The van der Waals surface area contributed by atoms with Crippen LogP contribution in [-0.2, 0) is 10.8 Å². The molecule has 2 aliphatic carbocycles. The Hall–Kier alpha value is -6.44. The van der Waals surface area contributed by atoms with E-state index in [0.29, 0.717) is 0 Å². The van der Waals surface area contributed by atoms with Gasteiger partial charge in [0.2, 0.25) is 0 Å². The Morgan fingerprint density at radius 3 is 1.25 bits per heavy atom. The van der Waals surface area contributed by atoms with Gasteiger partial charge in [-0.15, -0.1) is 0 Å². The molecule has 10 rings (SSSR count). The SMILES string of the molecule is c1ccc(C2(c3ccccc3)c3ccccc3-c3ccc(Nc4cccc5c4-c4ccccc4C5(c4ccccc4)c4ccccc4)cc32)cc1. The molecule has 0 atom stereocenters. The minimum atomic E-state index is -0.451. The smallest absolute Gasteiger partial charge is 0.0714 e. The van der Waals surface area contributed by atoms with E-state index in [2.05, 4.69) is 212 Å². The zero-order valence-electron chi connectivity index (χ0n) is 28.1. The molecule has 0 heterocycles. The molecule has 8 aromatic rings. The van der Waals surface area contributed by atoms with Gasteiger partial charge in [-0.3, -0.25) is 0 Å². The summed E-state index contributed by atoms with van der Waals surface area (Å²) in [7, 11) is 0.